The SMILES string of the molecule is Cc1csc(C(C)(O)c2nnc(Nc3cn(C)nn3)s2)n1. The van der Waals surface area contributed by atoms with Gasteiger partial charge in [0.2, 0.25) is 5.13 Å². The van der Waals surface area contributed by atoms with E-state index in [0.717, 1.165) is 5.69 Å². The summed E-state index contributed by atoms with van der Waals surface area (Å²) in [6.45, 7) is 3.55. The fourth-order valence-corrected chi connectivity index (χ4v) is 3.37. The Morgan fingerprint density at radius 1 is 1.29 bits per heavy atom. The number of aromatic nitrogens is 6. The topological polar surface area (TPSA) is 102 Å². The quantitative estimate of drug-likeness (QED) is 0.749. The van der Waals surface area contributed by atoms with Crippen LogP contribution in [0.15, 0.2) is 11.6 Å². The van der Waals surface area contributed by atoms with E-state index in [2.05, 4.69) is 30.8 Å². The number of anilines is 2. The van der Waals surface area contributed by atoms with Gasteiger partial charge in [-0.2, -0.15) is 0 Å². The van der Waals surface area contributed by atoms with E-state index in [-0.39, 0.29) is 0 Å². The molecule has 1 unspecified atom stereocenters. The molecule has 10 heteroatoms. The molecule has 0 radical (unpaired) electrons. The standard InChI is InChI=1S/C11H13N7OS2/c1-6-5-20-8(12-6)11(2,19)9-15-16-10(21-9)13-7-4-18(3)17-14-7/h4-5,19H,1-3H3,(H,13,16). The molecule has 1 atom stereocenters. The monoisotopic (exact) mass is 323 g/mol. The van der Waals surface area contributed by atoms with Crippen LogP contribution in [0.25, 0.3) is 0 Å². The lowest BCUT2D eigenvalue weighted by molar-refractivity contribution is 0.101. The van der Waals surface area contributed by atoms with Crippen LogP contribution >= 0.6 is 22.7 Å². The minimum absolute atomic E-state index is 0.475. The molecule has 3 rings (SSSR count). The number of rotatable bonds is 4. The molecular weight excluding hydrogens is 310 g/mol. The first-order valence-corrected chi connectivity index (χ1v) is 7.77. The Morgan fingerprint density at radius 3 is 2.71 bits per heavy atom. The summed E-state index contributed by atoms with van der Waals surface area (Å²) in [5, 5.41) is 32.9. The maximum absolute atomic E-state index is 10.6. The zero-order chi connectivity index (χ0) is 15.0. The molecule has 0 saturated carbocycles. The minimum atomic E-state index is -1.25. The number of nitrogens with zero attached hydrogens (tertiary/aromatic N) is 6. The fourth-order valence-electron chi connectivity index (χ4n) is 1.65. The van der Waals surface area contributed by atoms with Crippen molar-refractivity contribution in [3.8, 4) is 0 Å². The summed E-state index contributed by atoms with van der Waals surface area (Å²) in [5.74, 6) is 0.574. The summed E-state index contributed by atoms with van der Waals surface area (Å²) in [5.41, 5.74) is -0.378. The Labute approximate surface area is 128 Å². The number of aryl methyl sites for hydroxylation is 2. The van der Waals surface area contributed by atoms with Gasteiger partial charge in [0.1, 0.15) is 5.01 Å². The van der Waals surface area contributed by atoms with E-state index >= 15 is 0 Å². The summed E-state index contributed by atoms with van der Waals surface area (Å²) in [7, 11) is 1.78. The van der Waals surface area contributed by atoms with Crippen molar-refractivity contribution in [3.05, 3.63) is 27.3 Å². The number of hydrogen-bond acceptors (Lipinski definition) is 9. The van der Waals surface area contributed by atoms with Gasteiger partial charge >= 0.3 is 0 Å². The zero-order valence-electron chi connectivity index (χ0n) is 11.6. The molecule has 0 fully saturated rings. The highest BCUT2D eigenvalue weighted by molar-refractivity contribution is 7.15. The van der Waals surface area contributed by atoms with Gasteiger partial charge in [-0.1, -0.05) is 16.6 Å². The Balaban J connectivity index is 1.84. The van der Waals surface area contributed by atoms with Crippen LogP contribution in [0.3, 0.4) is 0 Å². The first-order chi connectivity index (χ1) is 9.95. The highest BCUT2D eigenvalue weighted by atomic mass is 32.1. The van der Waals surface area contributed by atoms with Gasteiger partial charge < -0.3 is 10.4 Å². The molecule has 8 nitrogen and oxygen atoms in total. The van der Waals surface area contributed by atoms with Gasteiger partial charge in [-0.3, -0.25) is 4.68 Å². The Kier molecular flexibility index (Phi) is 3.43. The average Bonchev–Trinajstić information content (AvgIpc) is 3.12. The third-order valence-electron chi connectivity index (χ3n) is 2.71. The molecule has 3 aromatic rings. The van der Waals surface area contributed by atoms with Gasteiger partial charge in [0.15, 0.2) is 16.4 Å². The molecule has 3 heterocycles. The molecule has 0 aliphatic heterocycles. The molecular formula is C11H13N7OS2. The number of nitrogens with one attached hydrogen (secondary N) is 1. The third kappa shape index (κ3) is 2.77. The van der Waals surface area contributed by atoms with Crippen LogP contribution in [0, 0.1) is 6.92 Å². The van der Waals surface area contributed by atoms with Gasteiger partial charge in [0.05, 0.1) is 6.20 Å². The second kappa shape index (κ2) is 5.13. The van der Waals surface area contributed by atoms with E-state index in [1.165, 1.54) is 22.7 Å². The van der Waals surface area contributed by atoms with Crippen molar-refractivity contribution in [3.63, 3.8) is 0 Å². The van der Waals surface area contributed by atoms with Crippen molar-refractivity contribution >= 4 is 33.6 Å². The normalized spacial score (nSPS) is 14.1. The lowest BCUT2D eigenvalue weighted by Gasteiger charge is -2.16. The van der Waals surface area contributed by atoms with E-state index < -0.39 is 5.60 Å². The zero-order valence-corrected chi connectivity index (χ0v) is 13.2. The van der Waals surface area contributed by atoms with Crippen LogP contribution in [0.1, 0.15) is 22.6 Å². The van der Waals surface area contributed by atoms with Crippen LogP contribution in [0.4, 0.5) is 10.9 Å². The van der Waals surface area contributed by atoms with Crippen molar-refractivity contribution in [1.82, 2.24) is 30.2 Å². The predicted octanol–water partition coefficient (Wildman–Crippen LogP) is 1.43. The first-order valence-electron chi connectivity index (χ1n) is 6.07. The second-order valence-electron chi connectivity index (χ2n) is 4.68. The smallest absolute Gasteiger partial charge is 0.211 e. The van der Waals surface area contributed by atoms with Crippen molar-refractivity contribution in [2.75, 3.05) is 5.32 Å². The third-order valence-corrected chi connectivity index (χ3v) is 4.94. The highest BCUT2D eigenvalue weighted by Crippen LogP contribution is 2.34. The molecule has 110 valence electrons. The Bertz CT molecular complexity index is 760. The summed E-state index contributed by atoms with van der Waals surface area (Å²) < 4.78 is 1.58. The Morgan fingerprint density at radius 2 is 2.10 bits per heavy atom. The number of aliphatic hydroxyl groups is 1. The molecule has 0 spiro atoms. The van der Waals surface area contributed by atoms with Crippen molar-refractivity contribution in [2.24, 2.45) is 7.05 Å². The molecule has 0 aliphatic carbocycles. The first kappa shape index (κ1) is 14.0. The minimum Gasteiger partial charge on any atom is -0.376 e. The van der Waals surface area contributed by atoms with E-state index in [1.54, 1.807) is 24.9 Å². The van der Waals surface area contributed by atoms with E-state index in [1.807, 2.05) is 12.3 Å². The largest absolute Gasteiger partial charge is 0.376 e. The molecule has 0 aromatic carbocycles. The van der Waals surface area contributed by atoms with Crippen molar-refractivity contribution in [1.29, 1.82) is 0 Å². The van der Waals surface area contributed by atoms with Crippen molar-refractivity contribution in [2.45, 2.75) is 19.4 Å². The van der Waals surface area contributed by atoms with E-state index in [9.17, 15) is 5.11 Å². The summed E-state index contributed by atoms with van der Waals surface area (Å²) in [6, 6.07) is 0. The average molecular weight is 323 g/mol. The summed E-state index contributed by atoms with van der Waals surface area (Å²) in [4.78, 5) is 4.32. The maximum atomic E-state index is 10.6. The van der Waals surface area contributed by atoms with Crippen LogP contribution in [0.2, 0.25) is 0 Å². The van der Waals surface area contributed by atoms with Gasteiger partial charge in [-0.25, -0.2) is 4.98 Å². The summed E-state index contributed by atoms with van der Waals surface area (Å²) in [6.07, 6.45) is 1.73. The maximum Gasteiger partial charge on any atom is 0.211 e. The van der Waals surface area contributed by atoms with Crippen LogP contribution in [-0.4, -0.2) is 35.3 Å². The van der Waals surface area contributed by atoms with E-state index in [0.29, 0.717) is 21.0 Å². The van der Waals surface area contributed by atoms with Crippen LogP contribution in [-0.2, 0) is 12.6 Å². The van der Waals surface area contributed by atoms with Gasteiger partial charge in [-0.05, 0) is 13.8 Å². The predicted molar refractivity (Wildman–Crippen MR) is 79.7 cm³/mol. The molecule has 2 N–H and O–H groups in total. The van der Waals surface area contributed by atoms with Gasteiger partial charge in [0, 0.05) is 18.1 Å². The van der Waals surface area contributed by atoms with Crippen molar-refractivity contribution < 1.29 is 5.11 Å². The Hall–Kier alpha value is -1.91. The van der Waals surface area contributed by atoms with Crippen LogP contribution in [0.5, 0.6) is 0 Å². The second-order valence-corrected chi connectivity index (χ2v) is 6.52. The highest BCUT2D eigenvalue weighted by Gasteiger charge is 2.33. The van der Waals surface area contributed by atoms with Gasteiger partial charge in [-0.15, -0.1) is 26.6 Å². The molecule has 3 aromatic heterocycles. The molecule has 0 saturated heterocycles. The molecule has 0 amide bonds. The lowest BCUT2D eigenvalue weighted by Crippen LogP contribution is -2.22. The number of thiazole rings is 1. The van der Waals surface area contributed by atoms with E-state index in [4.69, 9.17) is 0 Å². The lowest BCUT2D eigenvalue weighted by atomic mass is 10.1. The summed E-state index contributed by atoms with van der Waals surface area (Å²) >= 11 is 2.65. The van der Waals surface area contributed by atoms with Gasteiger partial charge in [0.25, 0.3) is 0 Å². The van der Waals surface area contributed by atoms with Crippen LogP contribution < -0.4 is 5.32 Å². The fraction of sp³-hybridized carbons (Fsp3) is 0.364. The molecule has 0 aliphatic rings. The molecule has 0 bridgehead atoms. The molecule has 21 heavy (non-hydrogen) atoms. The number of hydrogen-bond donors (Lipinski definition) is 2.